The molecule has 14 heavy (non-hydrogen) atoms. The molecule has 0 aliphatic heterocycles. The molecule has 3 nitrogen and oxygen atoms in total. The third kappa shape index (κ3) is 6.11. The van der Waals surface area contributed by atoms with Gasteiger partial charge in [-0.25, -0.2) is 0 Å². The summed E-state index contributed by atoms with van der Waals surface area (Å²) < 4.78 is 4.80. The molecule has 0 aromatic rings. The maximum absolute atomic E-state index is 11.3. The molecule has 0 heterocycles. The van der Waals surface area contributed by atoms with Crippen molar-refractivity contribution in [3.05, 3.63) is 0 Å². The van der Waals surface area contributed by atoms with Gasteiger partial charge in [0.05, 0.1) is 6.54 Å². The lowest BCUT2D eigenvalue weighted by Crippen LogP contribution is -2.34. The van der Waals surface area contributed by atoms with Gasteiger partial charge in [-0.1, -0.05) is 27.2 Å². The molecule has 0 aromatic carbocycles. The average Bonchev–Trinajstić information content (AvgIpc) is 2.16. The third-order valence-electron chi connectivity index (χ3n) is 2.42. The largest absolute Gasteiger partial charge is 0.377 e. The SMILES string of the molecule is CCC(C)CN(CC)CC(=O)COC. The Labute approximate surface area is 87.4 Å². The Hall–Kier alpha value is -0.410. The van der Waals surface area contributed by atoms with E-state index >= 15 is 0 Å². The summed E-state index contributed by atoms with van der Waals surface area (Å²) in [7, 11) is 1.56. The van der Waals surface area contributed by atoms with Gasteiger partial charge < -0.3 is 4.74 Å². The topological polar surface area (TPSA) is 29.5 Å². The lowest BCUT2D eigenvalue weighted by molar-refractivity contribution is -0.123. The summed E-state index contributed by atoms with van der Waals surface area (Å²) in [6.07, 6.45) is 1.16. The van der Waals surface area contributed by atoms with Crippen LogP contribution in [0.15, 0.2) is 0 Å². The van der Waals surface area contributed by atoms with Crippen molar-refractivity contribution in [2.75, 3.05) is 33.4 Å². The Balaban J connectivity index is 3.83. The molecule has 0 N–H and O–H groups in total. The molecule has 0 fully saturated rings. The van der Waals surface area contributed by atoms with Gasteiger partial charge in [-0.15, -0.1) is 0 Å². The number of hydrogen-bond acceptors (Lipinski definition) is 3. The number of nitrogens with zero attached hydrogens (tertiary/aromatic N) is 1. The standard InChI is InChI=1S/C11H23NO2/c1-5-10(3)7-12(6-2)8-11(13)9-14-4/h10H,5-9H2,1-4H3. The molecule has 0 amide bonds. The van der Waals surface area contributed by atoms with Gasteiger partial charge in [0.2, 0.25) is 0 Å². The van der Waals surface area contributed by atoms with E-state index in [9.17, 15) is 4.79 Å². The molecule has 0 bridgehead atoms. The number of Topliss-reactive ketones (excluding diaryl/α,β-unsaturated/α-hetero) is 1. The minimum Gasteiger partial charge on any atom is -0.377 e. The zero-order valence-corrected chi connectivity index (χ0v) is 9.88. The molecule has 0 aliphatic carbocycles. The van der Waals surface area contributed by atoms with Crippen LogP contribution < -0.4 is 0 Å². The van der Waals surface area contributed by atoms with Gasteiger partial charge >= 0.3 is 0 Å². The van der Waals surface area contributed by atoms with Gasteiger partial charge in [0.15, 0.2) is 5.78 Å². The maximum Gasteiger partial charge on any atom is 0.172 e. The van der Waals surface area contributed by atoms with Crippen LogP contribution in [0.3, 0.4) is 0 Å². The van der Waals surface area contributed by atoms with Crippen LogP contribution in [0.4, 0.5) is 0 Å². The molecule has 0 saturated heterocycles. The summed E-state index contributed by atoms with van der Waals surface area (Å²) in [6, 6.07) is 0. The smallest absolute Gasteiger partial charge is 0.172 e. The predicted octanol–water partition coefficient (Wildman–Crippen LogP) is 1.57. The second-order valence-corrected chi connectivity index (χ2v) is 3.81. The highest BCUT2D eigenvalue weighted by Gasteiger charge is 2.11. The summed E-state index contributed by atoms with van der Waals surface area (Å²) in [5, 5.41) is 0. The fraction of sp³-hybridized carbons (Fsp3) is 0.909. The highest BCUT2D eigenvalue weighted by atomic mass is 16.5. The molecule has 0 spiro atoms. The second kappa shape index (κ2) is 7.94. The van der Waals surface area contributed by atoms with E-state index in [0.29, 0.717) is 12.5 Å². The molecule has 3 heteroatoms. The molecular formula is C11H23NO2. The zero-order chi connectivity index (χ0) is 11.0. The molecule has 1 atom stereocenters. The lowest BCUT2D eigenvalue weighted by Gasteiger charge is -2.22. The van der Waals surface area contributed by atoms with Crippen molar-refractivity contribution < 1.29 is 9.53 Å². The van der Waals surface area contributed by atoms with Gasteiger partial charge in [-0.2, -0.15) is 0 Å². The Morgan fingerprint density at radius 3 is 2.50 bits per heavy atom. The Bertz CT molecular complexity index is 159. The van der Waals surface area contributed by atoms with Crippen molar-refractivity contribution in [3.63, 3.8) is 0 Å². The van der Waals surface area contributed by atoms with Crippen molar-refractivity contribution >= 4 is 5.78 Å². The highest BCUT2D eigenvalue weighted by Crippen LogP contribution is 2.03. The number of likely N-dealkylation sites (N-methyl/N-ethyl adjacent to an activating group) is 1. The number of hydrogen-bond donors (Lipinski definition) is 0. The maximum atomic E-state index is 11.3. The summed E-state index contributed by atoms with van der Waals surface area (Å²) in [5.41, 5.74) is 0. The van der Waals surface area contributed by atoms with Crippen molar-refractivity contribution in [1.82, 2.24) is 4.90 Å². The molecule has 84 valence electrons. The minimum atomic E-state index is 0.164. The molecule has 1 unspecified atom stereocenters. The number of ether oxygens (including phenoxy) is 1. The first kappa shape index (κ1) is 13.6. The third-order valence-corrected chi connectivity index (χ3v) is 2.42. The van der Waals surface area contributed by atoms with E-state index in [1.54, 1.807) is 7.11 Å². The predicted molar refractivity (Wildman–Crippen MR) is 58.5 cm³/mol. The first-order chi connectivity index (χ1) is 6.63. The lowest BCUT2D eigenvalue weighted by atomic mass is 10.1. The van der Waals surface area contributed by atoms with Crippen LogP contribution in [0.2, 0.25) is 0 Å². The van der Waals surface area contributed by atoms with E-state index in [4.69, 9.17) is 4.74 Å². The van der Waals surface area contributed by atoms with Crippen LogP contribution in [0.25, 0.3) is 0 Å². The van der Waals surface area contributed by atoms with E-state index in [2.05, 4.69) is 25.7 Å². The van der Waals surface area contributed by atoms with E-state index in [1.165, 1.54) is 0 Å². The number of ketones is 1. The van der Waals surface area contributed by atoms with E-state index in [1.807, 2.05) is 0 Å². The number of carbonyl (C=O) groups excluding carboxylic acids is 1. The first-order valence-electron chi connectivity index (χ1n) is 5.36. The Kier molecular flexibility index (Phi) is 7.71. The van der Waals surface area contributed by atoms with Gasteiger partial charge in [0.1, 0.15) is 6.61 Å². The molecule has 0 rings (SSSR count). The molecule has 0 aliphatic rings. The monoisotopic (exact) mass is 201 g/mol. The van der Waals surface area contributed by atoms with Gasteiger partial charge in [-0.3, -0.25) is 9.69 Å². The second-order valence-electron chi connectivity index (χ2n) is 3.81. The van der Waals surface area contributed by atoms with Gasteiger partial charge in [0, 0.05) is 13.7 Å². The zero-order valence-electron chi connectivity index (χ0n) is 9.88. The van der Waals surface area contributed by atoms with E-state index in [0.717, 1.165) is 19.5 Å². The highest BCUT2D eigenvalue weighted by molar-refractivity contribution is 5.81. The average molecular weight is 201 g/mol. The summed E-state index contributed by atoms with van der Waals surface area (Å²) in [4.78, 5) is 13.5. The minimum absolute atomic E-state index is 0.164. The van der Waals surface area contributed by atoms with Crippen LogP contribution in [-0.4, -0.2) is 44.0 Å². The van der Waals surface area contributed by atoms with Gasteiger partial charge in [-0.05, 0) is 12.5 Å². The van der Waals surface area contributed by atoms with Crippen molar-refractivity contribution in [1.29, 1.82) is 0 Å². The van der Waals surface area contributed by atoms with E-state index < -0.39 is 0 Å². The van der Waals surface area contributed by atoms with Crippen molar-refractivity contribution in [2.45, 2.75) is 27.2 Å². The first-order valence-corrected chi connectivity index (χ1v) is 5.36. The van der Waals surface area contributed by atoms with Crippen LogP contribution in [0, 0.1) is 5.92 Å². The van der Waals surface area contributed by atoms with Gasteiger partial charge in [0.25, 0.3) is 0 Å². The Morgan fingerprint density at radius 2 is 2.07 bits per heavy atom. The Morgan fingerprint density at radius 1 is 1.43 bits per heavy atom. The number of methoxy groups -OCH3 is 1. The summed E-state index contributed by atoms with van der Waals surface area (Å²) in [5.74, 6) is 0.822. The normalized spacial score (nSPS) is 13.2. The van der Waals surface area contributed by atoms with E-state index in [-0.39, 0.29) is 12.4 Å². The number of carbonyl (C=O) groups is 1. The quantitative estimate of drug-likeness (QED) is 0.597. The van der Waals surface area contributed by atoms with Crippen LogP contribution >= 0.6 is 0 Å². The van der Waals surface area contributed by atoms with Crippen LogP contribution in [0.5, 0.6) is 0 Å². The summed E-state index contributed by atoms with van der Waals surface area (Å²) >= 11 is 0. The summed E-state index contributed by atoms with van der Waals surface area (Å²) in [6.45, 7) is 9.16. The molecule has 0 aromatic heterocycles. The fourth-order valence-corrected chi connectivity index (χ4v) is 1.33. The fourth-order valence-electron chi connectivity index (χ4n) is 1.33. The molecular weight excluding hydrogens is 178 g/mol. The van der Waals surface area contributed by atoms with Crippen molar-refractivity contribution in [2.24, 2.45) is 5.92 Å². The van der Waals surface area contributed by atoms with Crippen LogP contribution in [-0.2, 0) is 9.53 Å². The molecule has 0 radical (unpaired) electrons. The molecule has 0 saturated carbocycles. The number of rotatable bonds is 8. The van der Waals surface area contributed by atoms with Crippen LogP contribution in [0.1, 0.15) is 27.2 Å². The van der Waals surface area contributed by atoms with Crippen molar-refractivity contribution in [3.8, 4) is 0 Å².